The highest BCUT2D eigenvalue weighted by Gasteiger charge is 2.28. The number of amides is 1. The van der Waals surface area contributed by atoms with Crippen molar-refractivity contribution in [2.24, 2.45) is 0 Å². The number of carbonyl (C=O) groups is 1. The minimum absolute atomic E-state index is 0.111. The standard InChI is InChI=1S/C23H23ClN4O3S/c1-27-11-13-28(14-12-27)32(30,31)19-6-4-5-17(15-19)23(29)26-18-8-9-21(24)20(16-18)22-7-2-3-10-25-22/h2-10,15-16H,11-14H2,1H3,(H,26,29). The number of hydrogen-bond acceptors (Lipinski definition) is 5. The van der Waals surface area contributed by atoms with E-state index in [2.05, 4.69) is 15.2 Å². The van der Waals surface area contributed by atoms with Crippen LogP contribution in [0.1, 0.15) is 10.4 Å². The molecule has 1 amide bonds. The number of likely N-dealkylation sites (N-methyl/N-ethyl adjacent to an activating group) is 1. The zero-order chi connectivity index (χ0) is 22.7. The molecule has 1 fully saturated rings. The number of aromatic nitrogens is 1. The molecule has 3 aromatic rings. The Morgan fingerprint density at radius 3 is 2.50 bits per heavy atom. The molecule has 32 heavy (non-hydrogen) atoms. The van der Waals surface area contributed by atoms with Gasteiger partial charge in [-0.3, -0.25) is 9.78 Å². The zero-order valence-corrected chi connectivity index (χ0v) is 19.1. The third-order valence-corrected chi connectivity index (χ3v) is 7.59. The Kier molecular flexibility index (Phi) is 6.57. The number of nitrogens with zero attached hydrogens (tertiary/aromatic N) is 3. The molecule has 1 saturated heterocycles. The van der Waals surface area contributed by atoms with Gasteiger partial charge >= 0.3 is 0 Å². The van der Waals surface area contributed by atoms with Crippen molar-refractivity contribution >= 4 is 33.2 Å². The SMILES string of the molecule is CN1CCN(S(=O)(=O)c2cccc(C(=O)Nc3ccc(Cl)c(-c4ccccn4)c3)c2)CC1. The second-order valence-electron chi connectivity index (χ2n) is 7.60. The van der Waals surface area contributed by atoms with Gasteiger partial charge in [0.15, 0.2) is 0 Å². The van der Waals surface area contributed by atoms with Gasteiger partial charge in [0.1, 0.15) is 0 Å². The highest BCUT2D eigenvalue weighted by molar-refractivity contribution is 7.89. The number of nitrogens with one attached hydrogen (secondary N) is 1. The van der Waals surface area contributed by atoms with Crippen LogP contribution in [0.5, 0.6) is 0 Å². The van der Waals surface area contributed by atoms with E-state index >= 15 is 0 Å². The number of piperazine rings is 1. The molecule has 0 radical (unpaired) electrons. The number of carbonyl (C=O) groups excluding carboxylic acids is 1. The average Bonchev–Trinajstić information content (AvgIpc) is 2.81. The second-order valence-corrected chi connectivity index (χ2v) is 9.94. The predicted molar refractivity (Wildman–Crippen MR) is 125 cm³/mol. The molecule has 166 valence electrons. The Morgan fingerprint density at radius 2 is 1.78 bits per heavy atom. The maximum absolute atomic E-state index is 13.0. The lowest BCUT2D eigenvalue weighted by atomic mass is 10.1. The van der Waals surface area contributed by atoms with Crippen molar-refractivity contribution in [3.63, 3.8) is 0 Å². The third-order valence-electron chi connectivity index (χ3n) is 5.36. The molecular weight excluding hydrogens is 448 g/mol. The van der Waals surface area contributed by atoms with E-state index in [1.165, 1.54) is 16.4 Å². The Balaban J connectivity index is 1.55. The van der Waals surface area contributed by atoms with Gasteiger partial charge in [0.2, 0.25) is 10.0 Å². The lowest BCUT2D eigenvalue weighted by Crippen LogP contribution is -2.47. The van der Waals surface area contributed by atoms with Gasteiger partial charge in [0.05, 0.1) is 15.6 Å². The van der Waals surface area contributed by atoms with E-state index < -0.39 is 15.9 Å². The monoisotopic (exact) mass is 470 g/mol. The van der Waals surface area contributed by atoms with Crippen LogP contribution in [0.4, 0.5) is 5.69 Å². The number of anilines is 1. The fourth-order valence-corrected chi connectivity index (χ4v) is 5.18. The Bertz CT molecular complexity index is 1230. The minimum atomic E-state index is -3.66. The third kappa shape index (κ3) is 4.83. The van der Waals surface area contributed by atoms with Gasteiger partial charge in [0, 0.05) is 49.2 Å². The first-order chi connectivity index (χ1) is 15.3. The smallest absolute Gasteiger partial charge is 0.255 e. The van der Waals surface area contributed by atoms with Crippen LogP contribution in [0.3, 0.4) is 0 Å². The molecule has 9 heteroatoms. The number of benzene rings is 2. The summed E-state index contributed by atoms with van der Waals surface area (Å²) in [5.74, 6) is -0.408. The van der Waals surface area contributed by atoms with E-state index in [-0.39, 0.29) is 10.5 Å². The van der Waals surface area contributed by atoms with Crippen LogP contribution < -0.4 is 5.32 Å². The maximum Gasteiger partial charge on any atom is 0.255 e. The summed E-state index contributed by atoms with van der Waals surface area (Å²) in [6.45, 7) is 2.20. The van der Waals surface area contributed by atoms with Gasteiger partial charge in [-0.25, -0.2) is 8.42 Å². The highest BCUT2D eigenvalue weighted by Crippen LogP contribution is 2.29. The first kappa shape index (κ1) is 22.4. The van der Waals surface area contributed by atoms with Crippen LogP contribution in [-0.4, -0.2) is 61.7 Å². The normalized spacial score (nSPS) is 15.4. The Labute approximate surface area is 192 Å². The van der Waals surface area contributed by atoms with Crippen molar-refractivity contribution in [1.82, 2.24) is 14.2 Å². The largest absolute Gasteiger partial charge is 0.322 e. The molecule has 0 bridgehead atoms. The second kappa shape index (κ2) is 9.38. The Morgan fingerprint density at radius 1 is 1.00 bits per heavy atom. The number of rotatable bonds is 5. The molecule has 1 N–H and O–H groups in total. The van der Waals surface area contributed by atoms with Gasteiger partial charge < -0.3 is 10.2 Å². The van der Waals surface area contributed by atoms with E-state index in [0.717, 1.165) is 0 Å². The molecule has 1 aliphatic heterocycles. The lowest BCUT2D eigenvalue weighted by Gasteiger charge is -2.31. The van der Waals surface area contributed by atoms with Crippen LogP contribution in [0.2, 0.25) is 5.02 Å². The van der Waals surface area contributed by atoms with Crippen LogP contribution in [0.25, 0.3) is 11.3 Å². The highest BCUT2D eigenvalue weighted by atomic mass is 35.5. The molecule has 4 rings (SSSR count). The number of hydrogen-bond donors (Lipinski definition) is 1. The van der Waals surface area contributed by atoms with E-state index in [0.29, 0.717) is 48.1 Å². The summed E-state index contributed by atoms with van der Waals surface area (Å²) >= 11 is 6.31. The van der Waals surface area contributed by atoms with Crippen LogP contribution in [0, 0.1) is 0 Å². The van der Waals surface area contributed by atoms with E-state index in [1.807, 2.05) is 25.2 Å². The molecule has 1 aromatic heterocycles. The number of pyridine rings is 1. The summed E-state index contributed by atoms with van der Waals surface area (Å²) in [6.07, 6.45) is 1.67. The topological polar surface area (TPSA) is 82.6 Å². The van der Waals surface area contributed by atoms with Crippen molar-refractivity contribution in [2.75, 3.05) is 38.5 Å². The summed E-state index contributed by atoms with van der Waals surface area (Å²) in [7, 11) is -1.70. The maximum atomic E-state index is 13.0. The molecule has 0 spiro atoms. The minimum Gasteiger partial charge on any atom is -0.322 e. The van der Waals surface area contributed by atoms with Crippen molar-refractivity contribution in [2.45, 2.75) is 4.90 Å². The number of sulfonamides is 1. The van der Waals surface area contributed by atoms with Crippen molar-refractivity contribution in [3.05, 3.63) is 77.4 Å². The lowest BCUT2D eigenvalue weighted by molar-refractivity contribution is 0.102. The molecule has 0 aliphatic carbocycles. The van der Waals surface area contributed by atoms with Gasteiger partial charge in [-0.05, 0) is 55.6 Å². The molecule has 0 unspecified atom stereocenters. The van der Waals surface area contributed by atoms with E-state index in [4.69, 9.17) is 11.6 Å². The van der Waals surface area contributed by atoms with Gasteiger partial charge in [0.25, 0.3) is 5.91 Å². The molecule has 0 atom stereocenters. The van der Waals surface area contributed by atoms with E-state index in [1.54, 1.807) is 36.5 Å². The molecule has 1 aliphatic rings. The average molecular weight is 471 g/mol. The molecule has 7 nitrogen and oxygen atoms in total. The summed E-state index contributed by atoms with van der Waals surface area (Å²) in [5.41, 5.74) is 2.17. The Hall–Kier alpha value is -2.78. The van der Waals surface area contributed by atoms with Crippen LogP contribution in [0.15, 0.2) is 71.8 Å². The quantitative estimate of drug-likeness (QED) is 0.616. The fourth-order valence-electron chi connectivity index (χ4n) is 3.50. The predicted octanol–water partition coefficient (Wildman–Crippen LogP) is 3.59. The summed E-state index contributed by atoms with van der Waals surface area (Å²) in [6, 6.07) is 16.7. The zero-order valence-electron chi connectivity index (χ0n) is 17.5. The number of halogens is 1. The molecule has 0 saturated carbocycles. The fraction of sp³-hybridized carbons (Fsp3) is 0.217. The first-order valence-corrected chi connectivity index (χ1v) is 12.0. The van der Waals surface area contributed by atoms with Crippen molar-refractivity contribution in [3.8, 4) is 11.3 Å². The molecule has 2 heterocycles. The van der Waals surface area contributed by atoms with Gasteiger partial charge in [-0.1, -0.05) is 23.7 Å². The molecular formula is C23H23ClN4O3S. The van der Waals surface area contributed by atoms with E-state index in [9.17, 15) is 13.2 Å². The van der Waals surface area contributed by atoms with Gasteiger partial charge in [-0.15, -0.1) is 0 Å². The summed E-state index contributed by atoms with van der Waals surface area (Å²) in [4.78, 5) is 19.4. The van der Waals surface area contributed by atoms with Crippen molar-refractivity contribution in [1.29, 1.82) is 0 Å². The van der Waals surface area contributed by atoms with Crippen LogP contribution >= 0.6 is 11.6 Å². The molecule has 2 aromatic carbocycles. The van der Waals surface area contributed by atoms with Crippen molar-refractivity contribution < 1.29 is 13.2 Å². The summed E-state index contributed by atoms with van der Waals surface area (Å²) < 4.78 is 27.5. The summed E-state index contributed by atoms with van der Waals surface area (Å²) in [5, 5.41) is 3.33. The van der Waals surface area contributed by atoms with Gasteiger partial charge in [-0.2, -0.15) is 4.31 Å². The van der Waals surface area contributed by atoms with Crippen LogP contribution in [-0.2, 0) is 10.0 Å². The first-order valence-electron chi connectivity index (χ1n) is 10.2.